The Labute approximate surface area is 433 Å². The fraction of sp³-hybridized carbons (Fsp3) is 0.611. The highest BCUT2D eigenvalue weighted by atomic mass is 19.1. The van der Waals surface area contributed by atoms with E-state index < -0.39 is 23.2 Å². The molecule has 0 atom stereocenters. The zero-order chi connectivity index (χ0) is 52.0. The number of amides is 6. The molecule has 1 spiro atoms. The van der Waals surface area contributed by atoms with Crippen LogP contribution < -0.4 is 35.4 Å². The number of carbonyl (C=O) groups is 5. The fourth-order valence-electron chi connectivity index (χ4n) is 11.5. The van der Waals surface area contributed by atoms with E-state index >= 15 is 8.78 Å². The van der Waals surface area contributed by atoms with Crippen LogP contribution in [0.4, 0.5) is 36.6 Å². The van der Waals surface area contributed by atoms with E-state index in [4.69, 9.17) is 4.74 Å². The summed E-state index contributed by atoms with van der Waals surface area (Å²) in [5.41, 5.74) is 1.10. The fourth-order valence-corrected chi connectivity index (χ4v) is 11.5. The first-order chi connectivity index (χ1) is 35.6. The largest absolute Gasteiger partial charge is 0.495 e. The summed E-state index contributed by atoms with van der Waals surface area (Å²) in [5.74, 6) is 1.10. The Balaban J connectivity index is 0.648. The van der Waals surface area contributed by atoms with E-state index in [1.54, 1.807) is 29.4 Å². The second-order valence-electron chi connectivity index (χ2n) is 22.1. The summed E-state index contributed by atoms with van der Waals surface area (Å²) in [4.78, 5) is 86.8. The molecule has 0 radical (unpaired) electrons. The van der Waals surface area contributed by atoms with Crippen molar-refractivity contribution in [3.8, 4) is 5.75 Å². The minimum atomic E-state index is -0.570. The molecular weight excluding hydrogens is 951 g/mol. The normalized spacial score (nSPS) is 20.9. The van der Waals surface area contributed by atoms with Crippen molar-refractivity contribution in [3.05, 3.63) is 65.5 Å². The van der Waals surface area contributed by atoms with Crippen LogP contribution in [0.3, 0.4) is 0 Å². The van der Waals surface area contributed by atoms with Crippen LogP contribution in [0.1, 0.15) is 100 Å². The molecule has 400 valence electrons. The third kappa shape index (κ3) is 12.8. The Morgan fingerprint density at radius 2 is 1.53 bits per heavy atom. The van der Waals surface area contributed by atoms with Crippen LogP contribution in [0, 0.1) is 23.0 Å². The Morgan fingerprint density at radius 1 is 0.770 bits per heavy atom. The van der Waals surface area contributed by atoms with Gasteiger partial charge in [0.15, 0.2) is 0 Å². The molecule has 6 fully saturated rings. The number of unbranched alkanes of at least 4 members (excludes halogenated alkanes) is 2. The zero-order valence-corrected chi connectivity index (χ0v) is 43.4. The molecule has 1 aromatic heterocycles. The first-order valence-electron chi connectivity index (χ1n) is 26.8. The molecule has 6 aliphatic rings. The lowest BCUT2D eigenvalue weighted by Gasteiger charge is -2.48. The van der Waals surface area contributed by atoms with Gasteiger partial charge < -0.3 is 35.0 Å². The van der Waals surface area contributed by atoms with Gasteiger partial charge in [-0.25, -0.2) is 23.5 Å². The van der Waals surface area contributed by atoms with Crippen LogP contribution in [0.2, 0.25) is 0 Å². The van der Waals surface area contributed by atoms with Gasteiger partial charge in [-0.1, -0.05) is 20.3 Å². The van der Waals surface area contributed by atoms with Gasteiger partial charge in [0.05, 0.1) is 30.6 Å². The third-order valence-corrected chi connectivity index (χ3v) is 16.3. The predicted molar refractivity (Wildman–Crippen MR) is 278 cm³/mol. The number of hydrogen-bond donors (Lipinski definition) is 3. The Morgan fingerprint density at radius 3 is 2.26 bits per heavy atom. The number of benzene rings is 2. The summed E-state index contributed by atoms with van der Waals surface area (Å²) in [7, 11) is 1.51. The first kappa shape index (κ1) is 52.7. The molecule has 0 bridgehead atoms. The molecule has 0 saturated carbocycles. The van der Waals surface area contributed by atoms with Crippen LogP contribution in [0.25, 0.3) is 0 Å². The number of halogens is 2. The molecule has 7 heterocycles. The Bertz CT molecular complexity index is 2520. The van der Waals surface area contributed by atoms with Crippen molar-refractivity contribution < 1.29 is 37.5 Å². The number of ether oxygens (including phenoxy) is 1. The third-order valence-electron chi connectivity index (χ3n) is 16.3. The number of likely N-dealkylation sites (tertiary alicyclic amines) is 2. The summed E-state index contributed by atoms with van der Waals surface area (Å²) >= 11 is 0. The van der Waals surface area contributed by atoms with E-state index in [2.05, 4.69) is 54.5 Å². The quantitative estimate of drug-likeness (QED) is 0.154. The number of piperazine rings is 2. The summed E-state index contributed by atoms with van der Waals surface area (Å²) in [6.45, 7) is 14.3. The lowest BCUT2D eigenvalue weighted by atomic mass is 9.82. The Kier molecular flexibility index (Phi) is 16.5. The van der Waals surface area contributed by atoms with Crippen molar-refractivity contribution in [2.75, 3.05) is 125 Å². The monoisotopic (exact) mass is 1020 g/mol. The number of aromatic nitrogens is 2. The SMILES string of the molecule is COc1ccc(C(=O)N2CCN(CC3CCN(C(=O)CCCCCNc4cc(N5CCC6(CC5)CN(c5cc(F)c(CN7CCC(C)(C)CC7)cc5F)CC(=O)N6)ncn4)CC3)CC2)cc1N1CCC(=O)NC1=O. The van der Waals surface area contributed by atoms with E-state index in [0.717, 1.165) is 102 Å². The lowest BCUT2D eigenvalue weighted by Crippen LogP contribution is -2.66. The Hall–Kier alpha value is -6.15. The van der Waals surface area contributed by atoms with Gasteiger partial charge in [-0.15, -0.1) is 0 Å². The summed E-state index contributed by atoms with van der Waals surface area (Å²) in [6, 6.07) is 9.07. The average Bonchev–Trinajstić information content (AvgIpc) is 3.39. The standard InChI is InChI=1S/C54H74F2N12O6/c1-53(2)13-21-62(22-14-53)34-40-29-42(56)43(31-41(40)55)67-35-49(70)61-54(36-67)15-23-64(24-16-54)47-32-46(58-37-59-47)57-17-6-4-5-7-50(71)65-18-10-38(11-19-65)33-63-25-27-66(28-26-63)51(72)39-8-9-45(74-3)44(30-39)68-20-12-48(69)60-52(68)73/h8-9,29-32,37-38H,4-7,10-28,33-36H2,1-3H3,(H,61,70)(H,57,58,59)(H,60,69,73). The number of hydrogen-bond acceptors (Lipinski definition) is 13. The average molecular weight is 1030 g/mol. The minimum Gasteiger partial charge on any atom is -0.495 e. The molecule has 9 rings (SSSR count). The van der Waals surface area contributed by atoms with Gasteiger partial charge in [0.25, 0.3) is 5.91 Å². The number of carbonyl (C=O) groups excluding carboxylic acids is 5. The van der Waals surface area contributed by atoms with Gasteiger partial charge in [-0.3, -0.25) is 39.2 Å². The van der Waals surface area contributed by atoms with E-state index in [1.165, 1.54) is 24.1 Å². The number of nitrogens with zero attached hydrogens (tertiary/aromatic N) is 9. The van der Waals surface area contributed by atoms with Crippen molar-refractivity contribution in [3.63, 3.8) is 0 Å². The molecule has 6 aliphatic heterocycles. The number of imide groups is 1. The molecular formula is C54H74F2N12O6. The minimum absolute atomic E-state index is 0.0265. The van der Waals surface area contributed by atoms with E-state index in [9.17, 15) is 24.0 Å². The molecule has 18 nitrogen and oxygen atoms in total. The van der Waals surface area contributed by atoms with Gasteiger partial charge in [0.2, 0.25) is 17.7 Å². The van der Waals surface area contributed by atoms with Crippen LogP contribution in [0.5, 0.6) is 5.75 Å². The lowest BCUT2D eigenvalue weighted by molar-refractivity contribution is -0.132. The van der Waals surface area contributed by atoms with Crippen LogP contribution >= 0.6 is 0 Å². The van der Waals surface area contributed by atoms with Gasteiger partial charge >= 0.3 is 6.03 Å². The summed E-state index contributed by atoms with van der Waals surface area (Å²) in [6.07, 6.45) is 10.1. The van der Waals surface area contributed by atoms with Gasteiger partial charge in [0, 0.05) is 121 Å². The van der Waals surface area contributed by atoms with Gasteiger partial charge in [-0.2, -0.15) is 0 Å². The van der Waals surface area contributed by atoms with E-state index in [1.807, 2.05) is 15.9 Å². The number of anilines is 4. The van der Waals surface area contributed by atoms with Crippen molar-refractivity contribution >= 4 is 52.7 Å². The van der Waals surface area contributed by atoms with Gasteiger partial charge in [-0.05, 0) is 100 Å². The maximum atomic E-state index is 15.7. The van der Waals surface area contributed by atoms with E-state index in [0.29, 0.717) is 93.6 Å². The van der Waals surface area contributed by atoms with Gasteiger partial charge in [0.1, 0.15) is 35.3 Å². The number of urea groups is 1. The molecule has 3 aromatic rings. The smallest absolute Gasteiger partial charge is 0.328 e. The molecule has 6 saturated heterocycles. The van der Waals surface area contributed by atoms with Crippen LogP contribution in [-0.4, -0.2) is 170 Å². The maximum Gasteiger partial charge on any atom is 0.328 e. The molecule has 20 heteroatoms. The predicted octanol–water partition coefficient (Wildman–Crippen LogP) is 5.48. The molecule has 0 unspecified atom stereocenters. The zero-order valence-electron chi connectivity index (χ0n) is 43.4. The van der Waals surface area contributed by atoms with Crippen molar-refractivity contribution in [1.82, 2.24) is 40.2 Å². The van der Waals surface area contributed by atoms with E-state index in [-0.39, 0.29) is 54.2 Å². The molecule has 74 heavy (non-hydrogen) atoms. The topological polar surface area (TPSA) is 179 Å². The molecule has 2 aromatic carbocycles. The van der Waals surface area contributed by atoms with Crippen molar-refractivity contribution in [2.45, 2.75) is 96.6 Å². The second-order valence-corrected chi connectivity index (χ2v) is 22.1. The first-order valence-corrected chi connectivity index (χ1v) is 26.8. The number of piperidine rings is 3. The molecule has 3 N–H and O–H groups in total. The van der Waals surface area contributed by atoms with Crippen LogP contribution in [0.15, 0.2) is 42.7 Å². The van der Waals surface area contributed by atoms with Crippen molar-refractivity contribution in [1.29, 1.82) is 0 Å². The highest BCUT2D eigenvalue weighted by molar-refractivity contribution is 6.07. The second kappa shape index (κ2) is 23.2. The number of nitrogens with one attached hydrogen (secondary N) is 3. The number of rotatable bonds is 16. The van der Waals surface area contributed by atoms with Crippen LogP contribution in [-0.2, 0) is 20.9 Å². The van der Waals surface area contributed by atoms with Crippen molar-refractivity contribution in [2.24, 2.45) is 11.3 Å². The molecule has 0 aliphatic carbocycles. The summed E-state index contributed by atoms with van der Waals surface area (Å²) in [5, 5.41) is 8.95. The number of methoxy groups -OCH3 is 1. The summed E-state index contributed by atoms with van der Waals surface area (Å²) < 4.78 is 36.7. The molecule has 6 amide bonds. The highest BCUT2D eigenvalue weighted by Gasteiger charge is 2.42. The highest BCUT2D eigenvalue weighted by Crippen LogP contribution is 2.36. The maximum absolute atomic E-state index is 15.7.